The Balaban J connectivity index is 2.22. The molecule has 1 fully saturated rings. The molecule has 2 nitrogen and oxygen atoms in total. The fraction of sp³-hybridized carbons (Fsp3) is 0.778. The second-order valence-electron chi connectivity index (χ2n) is 3.66. The Morgan fingerprint density at radius 1 is 1.09 bits per heavy atom. The number of rotatable bonds is 0. The number of hydrogen-bond acceptors (Lipinski definition) is 2. The van der Waals surface area contributed by atoms with E-state index in [-0.39, 0.29) is 30.1 Å². The summed E-state index contributed by atoms with van der Waals surface area (Å²) in [6.07, 6.45) is 4.26. The summed E-state index contributed by atoms with van der Waals surface area (Å²) in [4.78, 5) is 0. The molecule has 5 atom stereocenters. The van der Waals surface area contributed by atoms with Gasteiger partial charge in [-0.25, -0.2) is 0 Å². The van der Waals surface area contributed by atoms with E-state index in [9.17, 15) is 5.11 Å². The van der Waals surface area contributed by atoms with Crippen molar-refractivity contribution in [2.45, 2.75) is 32.2 Å². The molecule has 2 heterocycles. The van der Waals surface area contributed by atoms with Crippen molar-refractivity contribution in [2.24, 2.45) is 11.8 Å². The maximum atomic E-state index is 9.71. The topological polar surface area (TPSA) is 29.5 Å². The molecule has 11 heavy (non-hydrogen) atoms. The zero-order chi connectivity index (χ0) is 8.01. The molecule has 2 aliphatic rings. The van der Waals surface area contributed by atoms with E-state index in [1.807, 2.05) is 13.8 Å². The van der Waals surface area contributed by atoms with E-state index >= 15 is 0 Å². The Bertz CT molecular complexity index is 170. The Hall–Kier alpha value is -0.340. The molecule has 0 radical (unpaired) electrons. The molecule has 62 valence electrons. The molecule has 0 spiro atoms. The standard InChI is InChI=1S/C9H14O2/c1-5-7-3-4-8(11-7)6(2)9(5)10/h3-10H,1-2H3/t5-,6+,7+,8?,9-/m1/s1. The van der Waals surface area contributed by atoms with Crippen LogP contribution in [0.15, 0.2) is 12.2 Å². The molecule has 0 aromatic rings. The SMILES string of the molecule is C[C@H]1[C@@H](O)[C@@H](C)C2C=C[C@@H]1O2. The largest absolute Gasteiger partial charge is 0.392 e. The maximum Gasteiger partial charge on any atom is 0.0815 e. The van der Waals surface area contributed by atoms with Gasteiger partial charge in [-0.05, 0) is 0 Å². The van der Waals surface area contributed by atoms with E-state index in [4.69, 9.17) is 4.74 Å². The highest BCUT2D eigenvalue weighted by Gasteiger charge is 2.41. The van der Waals surface area contributed by atoms with Crippen LogP contribution in [-0.2, 0) is 4.74 Å². The summed E-state index contributed by atoms with van der Waals surface area (Å²) in [5.41, 5.74) is 0. The predicted molar refractivity (Wildman–Crippen MR) is 42.1 cm³/mol. The van der Waals surface area contributed by atoms with Gasteiger partial charge in [0.15, 0.2) is 0 Å². The molecule has 0 saturated carbocycles. The number of aliphatic hydroxyl groups excluding tert-OH is 1. The Morgan fingerprint density at radius 3 is 2.00 bits per heavy atom. The number of hydrogen-bond donors (Lipinski definition) is 1. The van der Waals surface area contributed by atoms with Gasteiger partial charge in [0, 0.05) is 11.8 Å². The average molecular weight is 154 g/mol. The highest BCUT2D eigenvalue weighted by molar-refractivity contribution is 5.11. The minimum absolute atomic E-state index is 0.159. The monoisotopic (exact) mass is 154 g/mol. The molecule has 0 aromatic heterocycles. The second kappa shape index (κ2) is 2.32. The van der Waals surface area contributed by atoms with Gasteiger partial charge in [-0.2, -0.15) is 0 Å². The van der Waals surface area contributed by atoms with Crippen LogP contribution in [-0.4, -0.2) is 23.4 Å². The zero-order valence-corrected chi connectivity index (χ0v) is 6.90. The van der Waals surface area contributed by atoms with Crippen molar-refractivity contribution in [1.82, 2.24) is 0 Å². The van der Waals surface area contributed by atoms with Gasteiger partial charge in [0.05, 0.1) is 18.3 Å². The molecule has 0 aromatic carbocycles. The van der Waals surface area contributed by atoms with Crippen molar-refractivity contribution in [1.29, 1.82) is 0 Å². The van der Waals surface area contributed by atoms with Crippen LogP contribution in [0.1, 0.15) is 13.8 Å². The predicted octanol–water partition coefficient (Wildman–Crippen LogP) is 0.957. The fourth-order valence-corrected chi connectivity index (χ4v) is 1.96. The van der Waals surface area contributed by atoms with Crippen molar-refractivity contribution in [3.63, 3.8) is 0 Å². The highest BCUT2D eigenvalue weighted by Crippen LogP contribution is 2.35. The van der Waals surface area contributed by atoms with Crippen LogP contribution in [0.4, 0.5) is 0 Å². The molecule has 1 N–H and O–H groups in total. The lowest BCUT2D eigenvalue weighted by molar-refractivity contribution is -0.116. The first kappa shape index (κ1) is 7.32. The Labute approximate surface area is 66.9 Å². The highest BCUT2D eigenvalue weighted by atomic mass is 16.5. The van der Waals surface area contributed by atoms with E-state index in [1.165, 1.54) is 0 Å². The quantitative estimate of drug-likeness (QED) is 0.526. The van der Waals surface area contributed by atoms with Crippen LogP contribution in [0.3, 0.4) is 0 Å². The first-order valence-corrected chi connectivity index (χ1v) is 4.22. The van der Waals surface area contributed by atoms with Crippen molar-refractivity contribution in [2.75, 3.05) is 0 Å². The Morgan fingerprint density at radius 2 is 1.55 bits per heavy atom. The summed E-state index contributed by atoms with van der Waals surface area (Å²) < 4.78 is 5.62. The van der Waals surface area contributed by atoms with Gasteiger partial charge < -0.3 is 9.84 Å². The zero-order valence-electron chi connectivity index (χ0n) is 6.90. The lowest BCUT2D eigenvalue weighted by atomic mass is 9.86. The molecule has 0 aliphatic carbocycles. The van der Waals surface area contributed by atoms with Gasteiger partial charge in [-0.1, -0.05) is 26.0 Å². The van der Waals surface area contributed by atoms with Crippen molar-refractivity contribution in [3.05, 3.63) is 12.2 Å². The third-order valence-corrected chi connectivity index (χ3v) is 2.92. The lowest BCUT2D eigenvalue weighted by Crippen LogP contribution is -2.44. The minimum Gasteiger partial charge on any atom is -0.392 e. The summed E-state index contributed by atoms with van der Waals surface area (Å²) in [7, 11) is 0. The average Bonchev–Trinajstić information content (AvgIpc) is 2.44. The van der Waals surface area contributed by atoms with Crippen molar-refractivity contribution < 1.29 is 9.84 Å². The van der Waals surface area contributed by atoms with E-state index in [1.54, 1.807) is 0 Å². The molecular formula is C9H14O2. The maximum absolute atomic E-state index is 9.71. The van der Waals surface area contributed by atoms with Crippen molar-refractivity contribution in [3.8, 4) is 0 Å². The first-order chi connectivity index (χ1) is 5.20. The molecule has 2 bridgehead atoms. The normalized spacial score (nSPS) is 55.0. The van der Waals surface area contributed by atoms with Gasteiger partial charge in [0.1, 0.15) is 0 Å². The summed E-state index contributed by atoms with van der Waals surface area (Å²) in [6, 6.07) is 0. The van der Waals surface area contributed by atoms with Crippen LogP contribution in [0.2, 0.25) is 0 Å². The fourth-order valence-electron chi connectivity index (χ4n) is 1.96. The molecular weight excluding hydrogens is 140 g/mol. The van der Waals surface area contributed by atoms with Gasteiger partial charge >= 0.3 is 0 Å². The lowest BCUT2D eigenvalue weighted by Gasteiger charge is -2.36. The summed E-state index contributed by atoms with van der Waals surface area (Å²) in [5.74, 6) is 0.500. The van der Waals surface area contributed by atoms with Crippen LogP contribution in [0.25, 0.3) is 0 Å². The van der Waals surface area contributed by atoms with Crippen molar-refractivity contribution >= 4 is 0 Å². The minimum atomic E-state index is -0.200. The molecule has 0 amide bonds. The number of aliphatic hydroxyl groups is 1. The third-order valence-electron chi connectivity index (χ3n) is 2.92. The molecule has 1 unspecified atom stereocenters. The molecule has 2 rings (SSSR count). The van der Waals surface area contributed by atoms with Crippen LogP contribution < -0.4 is 0 Å². The number of ether oxygens (including phenoxy) is 1. The first-order valence-electron chi connectivity index (χ1n) is 4.22. The van der Waals surface area contributed by atoms with Gasteiger partial charge in [-0.3, -0.25) is 0 Å². The van der Waals surface area contributed by atoms with Gasteiger partial charge in [0.2, 0.25) is 0 Å². The van der Waals surface area contributed by atoms with Crippen LogP contribution in [0, 0.1) is 11.8 Å². The van der Waals surface area contributed by atoms with Crippen LogP contribution in [0.5, 0.6) is 0 Å². The van der Waals surface area contributed by atoms with E-state index in [0.29, 0.717) is 0 Å². The summed E-state index contributed by atoms with van der Waals surface area (Å²) >= 11 is 0. The van der Waals surface area contributed by atoms with E-state index in [2.05, 4.69) is 12.2 Å². The smallest absolute Gasteiger partial charge is 0.0815 e. The summed E-state index contributed by atoms with van der Waals surface area (Å²) in [6.45, 7) is 4.08. The second-order valence-corrected chi connectivity index (χ2v) is 3.66. The van der Waals surface area contributed by atoms with Gasteiger partial charge in [0.25, 0.3) is 0 Å². The number of fused-ring (bicyclic) bond motifs is 2. The van der Waals surface area contributed by atoms with E-state index < -0.39 is 0 Å². The molecule has 2 heteroatoms. The third kappa shape index (κ3) is 0.932. The van der Waals surface area contributed by atoms with E-state index in [0.717, 1.165) is 0 Å². The van der Waals surface area contributed by atoms with Gasteiger partial charge in [-0.15, -0.1) is 0 Å². The Kier molecular flexibility index (Phi) is 1.55. The molecule has 2 aliphatic heterocycles. The summed E-state index contributed by atoms with van der Waals surface area (Å²) in [5, 5.41) is 9.71. The van der Waals surface area contributed by atoms with Crippen LogP contribution >= 0.6 is 0 Å². The molecule has 1 saturated heterocycles.